The molecule has 0 spiro atoms. The molecule has 6 nitrogen and oxygen atoms in total. The van der Waals surface area contributed by atoms with Crippen molar-refractivity contribution in [2.75, 3.05) is 23.9 Å². The number of rotatable bonds is 6. The highest BCUT2D eigenvalue weighted by Gasteiger charge is 2.17. The van der Waals surface area contributed by atoms with Crippen LogP contribution >= 0.6 is 43.6 Å². The first kappa shape index (κ1) is 17.6. The molecular weight excluding hydrogens is 436 g/mol. The Morgan fingerprint density at radius 1 is 1.45 bits per heavy atom. The van der Waals surface area contributed by atoms with E-state index in [0.29, 0.717) is 5.82 Å². The molecule has 0 radical (unpaired) electrons. The maximum atomic E-state index is 11.2. The van der Waals surface area contributed by atoms with Gasteiger partial charge in [-0.15, -0.1) is 0 Å². The number of imidazole rings is 1. The van der Waals surface area contributed by atoms with Gasteiger partial charge in [0.15, 0.2) is 5.65 Å². The molecule has 3 N–H and O–H groups in total. The van der Waals surface area contributed by atoms with Crippen LogP contribution in [-0.4, -0.2) is 39.1 Å². The molecule has 0 fully saturated rings. The van der Waals surface area contributed by atoms with Gasteiger partial charge in [-0.25, -0.2) is 10.5 Å². The average Bonchev–Trinajstić information content (AvgIpc) is 2.87. The van der Waals surface area contributed by atoms with Crippen LogP contribution in [-0.2, 0) is 11.2 Å². The lowest BCUT2D eigenvalue weighted by Gasteiger charge is -2.10. The zero-order chi connectivity index (χ0) is 16.3. The molecule has 22 heavy (non-hydrogen) atoms. The Labute approximate surface area is 149 Å². The first-order chi connectivity index (χ1) is 10.5. The van der Waals surface area contributed by atoms with Gasteiger partial charge in [-0.3, -0.25) is 14.4 Å². The van der Waals surface area contributed by atoms with Gasteiger partial charge in [0.05, 0.1) is 16.7 Å². The zero-order valence-corrected chi connectivity index (χ0v) is 16.1. The molecule has 0 aliphatic rings. The lowest BCUT2D eigenvalue weighted by molar-refractivity contribution is -0.127. The summed E-state index contributed by atoms with van der Waals surface area (Å²) in [5.41, 5.74) is 4.45. The Bertz CT molecular complexity index is 705. The maximum absolute atomic E-state index is 11.2. The molecule has 2 rings (SSSR count). The minimum atomic E-state index is -0.509. The van der Waals surface area contributed by atoms with E-state index in [4.69, 9.17) is 5.21 Å². The van der Waals surface area contributed by atoms with Gasteiger partial charge in [0.1, 0.15) is 5.82 Å². The largest absolute Gasteiger partial charge is 0.359 e. The van der Waals surface area contributed by atoms with Crippen molar-refractivity contribution in [1.29, 1.82) is 0 Å². The average molecular weight is 452 g/mol. The van der Waals surface area contributed by atoms with Crippen molar-refractivity contribution in [1.82, 2.24) is 14.9 Å². The predicted octanol–water partition coefficient (Wildman–Crippen LogP) is 2.99. The van der Waals surface area contributed by atoms with Gasteiger partial charge >= 0.3 is 0 Å². The monoisotopic (exact) mass is 450 g/mol. The highest BCUT2D eigenvalue weighted by molar-refractivity contribution is 9.11. The van der Waals surface area contributed by atoms with Gasteiger partial charge in [0, 0.05) is 16.6 Å². The first-order valence-corrected chi connectivity index (χ1v) is 9.49. The number of carbonyl (C=O) groups is 1. The maximum Gasteiger partial charge on any atom is 0.262 e. The van der Waals surface area contributed by atoms with Crippen LogP contribution in [0.15, 0.2) is 15.0 Å². The van der Waals surface area contributed by atoms with E-state index in [2.05, 4.69) is 46.6 Å². The second-order valence-corrected chi connectivity index (χ2v) is 7.32. The third-order valence-electron chi connectivity index (χ3n) is 3.20. The number of carbonyl (C=O) groups excluding carboxylic acids is 1. The molecule has 9 heteroatoms. The molecular formula is C13H16Br2N4O2S. The Kier molecular flexibility index (Phi) is 6.13. The predicted molar refractivity (Wildman–Crippen MR) is 95.8 cm³/mol. The summed E-state index contributed by atoms with van der Waals surface area (Å²) >= 11 is 8.83. The summed E-state index contributed by atoms with van der Waals surface area (Å²) in [5, 5.41) is 11.6. The Balaban J connectivity index is 2.52. The van der Waals surface area contributed by atoms with Gasteiger partial charge in [-0.1, -0.05) is 0 Å². The summed E-state index contributed by atoms with van der Waals surface area (Å²) in [6.45, 7) is 1.97. The van der Waals surface area contributed by atoms with Crippen LogP contribution < -0.4 is 10.8 Å². The van der Waals surface area contributed by atoms with Gasteiger partial charge in [-0.2, -0.15) is 11.8 Å². The van der Waals surface area contributed by atoms with Crippen LogP contribution in [0, 0.1) is 6.92 Å². The quantitative estimate of drug-likeness (QED) is 0.464. The summed E-state index contributed by atoms with van der Waals surface area (Å²) in [5.74, 6) is 1.09. The first-order valence-electron chi connectivity index (χ1n) is 6.51. The molecule has 2 aromatic rings. The Morgan fingerprint density at radius 3 is 2.82 bits per heavy atom. The summed E-state index contributed by atoms with van der Waals surface area (Å²) in [6.07, 6.45) is 2.86. The van der Waals surface area contributed by atoms with E-state index in [0.717, 1.165) is 38.2 Å². The lowest BCUT2D eigenvalue weighted by Crippen LogP contribution is -2.27. The van der Waals surface area contributed by atoms with E-state index in [1.165, 1.54) is 0 Å². The minimum absolute atomic E-state index is 0.0372. The van der Waals surface area contributed by atoms with Crippen molar-refractivity contribution in [3.05, 3.63) is 26.4 Å². The number of halogens is 2. The SMILES string of the molecule is CSCCc1c(NCC(=O)NO)nc2c(Br)cc(Br)c(C)n12. The van der Waals surface area contributed by atoms with E-state index in [9.17, 15) is 4.79 Å². The van der Waals surface area contributed by atoms with E-state index < -0.39 is 5.91 Å². The van der Waals surface area contributed by atoms with E-state index >= 15 is 0 Å². The highest BCUT2D eigenvalue weighted by Crippen LogP contribution is 2.30. The third-order valence-corrected chi connectivity index (χ3v) is 5.20. The Hall–Kier alpha value is -0.770. The van der Waals surface area contributed by atoms with E-state index in [1.54, 1.807) is 17.2 Å². The summed E-state index contributed by atoms with van der Waals surface area (Å²) in [4.78, 5) is 15.8. The summed E-state index contributed by atoms with van der Waals surface area (Å²) in [6, 6.07) is 1.96. The fourth-order valence-electron chi connectivity index (χ4n) is 2.14. The normalized spacial score (nSPS) is 11.0. The van der Waals surface area contributed by atoms with Gasteiger partial charge in [0.25, 0.3) is 5.91 Å². The number of fused-ring (bicyclic) bond motifs is 1. The van der Waals surface area contributed by atoms with Crippen molar-refractivity contribution in [2.24, 2.45) is 0 Å². The number of pyridine rings is 1. The Morgan fingerprint density at radius 2 is 2.18 bits per heavy atom. The molecule has 1 amide bonds. The molecule has 0 atom stereocenters. The second kappa shape index (κ2) is 7.67. The highest BCUT2D eigenvalue weighted by atomic mass is 79.9. The number of nitrogens with zero attached hydrogens (tertiary/aromatic N) is 2. The second-order valence-electron chi connectivity index (χ2n) is 4.62. The van der Waals surface area contributed by atoms with Crippen molar-refractivity contribution < 1.29 is 10.0 Å². The van der Waals surface area contributed by atoms with Crippen LogP contribution in [0.4, 0.5) is 5.82 Å². The molecule has 0 saturated carbocycles. The fourth-order valence-corrected chi connectivity index (χ4v) is 3.74. The van der Waals surface area contributed by atoms with E-state index in [-0.39, 0.29) is 6.54 Å². The third kappa shape index (κ3) is 3.58. The molecule has 0 saturated heterocycles. The molecule has 0 bridgehead atoms. The van der Waals surface area contributed by atoms with Crippen LogP contribution in [0.5, 0.6) is 0 Å². The number of anilines is 1. The standard InChI is InChI=1S/C13H16Br2N4O2S/c1-7-8(14)5-9(15)13-17-12(16-6-11(20)18-21)10(19(7)13)3-4-22-2/h5,16,21H,3-4,6H2,1-2H3,(H,18,20). The molecule has 0 aliphatic carbocycles. The molecule has 0 aliphatic heterocycles. The number of hydrogen-bond donors (Lipinski definition) is 3. The smallest absolute Gasteiger partial charge is 0.262 e. The summed E-state index contributed by atoms with van der Waals surface area (Å²) < 4.78 is 3.92. The number of hydrogen-bond acceptors (Lipinski definition) is 5. The van der Waals surface area contributed by atoms with Gasteiger partial charge < -0.3 is 5.32 Å². The number of hydroxylamine groups is 1. The van der Waals surface area contributed by atoms with Crippen molar-refractivity contribution in [3.63, 3.8) is 0 Å². The molecule has 2 aromatic heterocycles. The van der Waals surface area contributed by atoms with E-state index in [1.807, 2.05) is 19.2 Å². The van der Waals surface area contributed by atoms with Gasteiger partial charge in [0.2, 0.25) is 0 Å². The fraction of sp³-hybridized carbons (Fsp3) is 0.385. The van der Waals surface area contributed by atoms with Crippen LogP contribution in [0.3, 0.4) is 0 Å². The van der Waals surface area contributed by atoms with Crippen molar-refractivity contribution in [3.8, 4) is 0 Å². The number of nitrogens with one attached hydrogen (secondary N) is 2. The van der Waals surface area contributed by atoms with Crippen LogP contribution in [0.25, 0.3) is 5.65 Å². The summed E-state index contributed by atoms with van der Waals surface area (Å²) in [7, 11) is 0. The van der Waals surface area contributed by atoms with Crippen LogP contribution in [0.1, 0.15) is 11.4 Å². The molecule has 2 heterocycles. The zero-order valence-electron chi connectivity index (χ0n) is 12.1. The van der Waals surface area contributed by atoms with Crippen molar-refractivity contribution in [2.45, 2.75) is 13.3 Å². The molecule has 0 unspecified atom stereocenters. The number of aryl methyl sites for hydroxylation is 2. The number of aromatic nitrogens is 2. The van der Waals surface area contributed by atoms with Gasteiger partial charge in [-0.05, 0) is 56.9 Å². The van der Waals surface area contributed by atoms with Crippen LogP contribution in [0.2, 0.25) is 0 Å². The topological polar surface area (TPSA) is 78.7 Å². The lowest BCUT2D eigenvalue weighted by atomic mass is 10.3. The number of thioether (sulfide) groups is 1. The minimum Gasteiger partial charge on any atom is -0.359 e. The van der Waals surface area contributed by atoms with Crippen molar-refractivity contribution >= 4 is 61.0 Å². The molecule has 120 valence electrons. The molecule has 0 aromatic carbocycles. The number of amides is 1.